The summed E-state index contributed by atoms with van der Waals surface area (Å²) in [5.74, 6) is 1.12. The predicted molar refractivity (Wildman–Crippen MR) is 67.4 cm³/mol. The molecule has 0 spiro atoms. The van der Waals surface area contributed by atoms with Crippen LogP contribution >= 0.6 is 11.6 Å². The summed E-state index contributed by atoms with van der Waals surface area (Å²) in [6, 6.07) is 2.69. The molecule has 1 unspecified atom stereocenters. The molecule has 0 radical (unpaired) electrons. The Kier molecular flexibility index (Phi) is 4.50. The minimum atomic E-state index is -4.44. The summed E-state index contributed by atoms with van der Waals surface area (Å²) in [6.45, 7) is 0.812. The summed E-state index contributed by atoms with van der Waals surface area (Å²) < 4.78 is 37.2. The number of aromatic nitrogens is 2. The van der Waals surface area contributed by atoms with Crippen molar-refractivity contribution in [2.45, 2.75) is 37.9 Å². The second-order valence-electron chi connectivity index (χ2n) is 4.60. The number of hydrogen-bond donors (Lipinski definition) is 0. The van der Waals surface area contributed by atoms with Gasteiger partial charge in [-0.3, -0.25) is 0 Å². The average Bonchev–Trinajstić information content (AvgIpc) is 2.83. The summed E-state index contributed by atoms with van der Waals surface area (Å²) >= 11 is 5.67. The molecule has 0 N–H and O–H groups in total. The Bertz CT molecular complexity index is 408. The number of halogens is 4. The van der Waals surface area contributed by atoms with Crippen LogP contribution in [0, 0.1) is 0 Å². The van der Waals surface area contributed by atoms with Gasteiger partial charge in [0.05, 0.1) is 0 Å². The molecular weight excluding hydrogens is 279 g/mol. The third-order valence-electron chi connectivity index (χ3n) is 3.28. The molecule has 1 aliphatic heterocycles. The van der Waals surface area contributed by atoms with Crippen LogP contribution in [0.4, 0.5) is 19.0 Å². The minimum Gasteiger partial charge on any atom is -0.352 e. The van der Waals surface area contributed by atoms with Gasteiger partial charge in [-0.15, -0.1) is 21.8 Å². The SMILES string of the molecule is FC(F)(F)c1ccc(N2CCCC2CCCCl)nn1. The second-order valence-corrected chi connectivity index (χ2v) is 4.97. The normalized spacial score (nSPS) is 20.0. The third-order valence-corrected chi connectivity index (χ3v) is 3.55. The van der Waals surface area contributed by atoms with Crippen LogP contribution in [-0.4, -0.2) is 28.7 Å². The van der Waals surface area contributed by atoms with E-state index in [-0.39, 0.29) is 0 Å². The van der Waals surface area contributed by atoms with E-state index in [1.807, 2.05) is 4.90 Å². The molecule has 106 valence electrons. The fraction of sp³-hybridized carbons (Fsp3) is 0.667. The molecule has 2 rings (SSSR count). The number of hydrogen-bond acceptors (Lipinski definition) is 3. The van der Waals surface area contributed by atoms with Gasteiger partial charge in [-0.05, 0) is 37.8 Å². The largest absolute Gasteiger partial charge is 0.435 e. The lowest BCUT2D eigenvalue weighted by molar-refractivity contribution is -0.141. The molecule has 0 bridgehead atoms. The topological polar surface area (TPSA) is 29.0 Å². The monoisotopic (exact) mass is 293 g/mol. The Morgan fingerprint density at radius 1 is 1.32 bits per heavy atom. The van der Waals surface area contributed by atoms with Gasteiger partial charge in [-0.25, -0.2) is 0 Å². The van der Waals surface area contributed by atoms with Crippen LogP contribution in [0.15, 0.2) is 12.1 Å². The van der Waals surface area contributed by atoms with E-state index in [1.54, 1.807) is 0 Å². The number of anilines is 1. The zero-order valence-corrected chi connectivity index (χ0v) is 11.1. The van der Waals surface area contributed by atoms with E-state index in [0.717, 1.165) is 38.3 Å². The number of nitrogens with zero attached hydrogens (tertiary/aromatic N) is 3. The van der Waals surface area contributed by atoms with Crippen LogP contribution in [0.2, 0.25) is 0 Å². The van der Waals surface area contributed by atoms with Crippen molar-refractivity contribution in [1.29, 1.82) is 0 Å². The first-order chi connectivity index (χ1) is 9.02. The lowest BCUT2D eigenvalue weighted by atomic mass is 10.1. The van der Waals surface area contributed by atoms with Crippen molar-refractivity contribution in [3.8, 4) is 0 Å². The van der Waals surface area contributed by atoms with Gasteiger partial charge in [-0.2, -0.15) is 13.2 Å². The van der Waals surface area contributed by atoms with Gasteiger partial charge in [0, 0.05) is 18.5 Å². The van der Waals surface area contributed by atoms with Gasteiger partial charge in [0.15, 0.2) is 11.5 Å². The van der Waals surface area contributed by atoms with E-state index in [1.165, 1.54) is 6.07 Å². The van der Waals surface area contributed by atoms with Crippen molar-refractivity contribution in [3.05, 3.63) is 17.8 Å². The smallest absolute Gasteiger partial charge is 0.352 e. The van der Waals surface area contributed by atoms with Crippen LogP contribution in [0.25, 0.3) is 0 Å². The van der Waals surface area contributed by atoms with Gasteiger partial charge in [0.2, 0.25) is 0 Å². The molecule has 3 nitrogen and oxygen atoms in total. The van der Waals surface area contributed by atoms with E-state index >= 15 is 0 Å². The zero-order chi connectivity index (χ0) is 13.9. The van der Waals surface area contributed by atoms with Crippen LogP contribution in [-0.2, 0) is 6.18 Å². The van der Waals surface area contributed by atoms with Crippen molar-refractivity contribution >= 4 is 17.4 Å². The Hall–Kier alpha value is -1.04. The summed E-state index contributed by atoms with van der Waals surface area (Å²) in [7, 11) is 0. The maximum absolute atomic E-state index is 12.4. The first-order valence-corrected chi connectivity index (χ1v) is 6.79. The Morgan fingerprint density at radius 3 is 2.68 bits per heavy atom. The zero-order valence-electron chi connectivity index (χ0n) is 10.3. The van der Waals surface area contributed by atoms with E-state index < -0.39 is 11.9 Å². The van der Waals surface area contributed by atoms with Gasteiger partial charge >= 0.3 is 6.18 Å². The summed E-state index contributed by atoms with van der Waals surface area (Å²) in [5.41, 5.74) is -0.951. The van der Waals surface area contributed by atoms with Crippen molar-refractivity contribution in [3.63, 3.8) is 0 Å². The number of rotatable bonds is 4. The highest BCUT2D eigenvalue weighted by Crippen LogP contribution is 2.30. The van der Waals surface area contributed by atoms with Gasteiger partial charge in [0.25, 0.3) is 0 Å². The Labute approximate surface area is 114 Å². The van der Waals surface area contributed by atoms with Crippen LogP contribution < -0.4 is 4.90 Å². The first-order valence-electron chi connectivity index (χ1n) is 6.26. The quantitative estimate of drug-likeness (QED) is 0.796. The van der Waals surface area contributed by atoms with Crippen LogP contribution in [0.3, 0.4) is 0 Å². The molecule has 1 atom stereocenters. The standard InChI is InChI=1S/C12H15ClF3N3/c13-7-1-3-9-4-2-8-19(9)11-6-5-10(17-18-11)12(14,15)16/h5-6,9H,1-4,7-8H2. The van der Waals surface area contributed by atoms with E-state index in [9.17, 15) is 13.2 Å². The highest BCUT2D eigenvalue weighted by atomic mass is 35.5. The third kappa shape index (κ3) is 3.49. The van der Waals surface area contributed by atoms with Crippen molar-refractivity contribution in [2.75, 3.05) is 17.3 Å². The Balaban J connectivity index is 2.08. The number of alkyl halides is 4. The molecule has 1 aromatic rings. The molecule has 1 saturated heterocycles. The van der Waals surface area contributed by atoms with Crippen molar-refractivity contribution in [1.82, 2.24) is 10.2 Å². The lowest BCUT2D eigenvalue weighted by Crippen LogP contribution is -2.30. The van der Waals surface area contributed by atoms with E-state index in [0.29, 0.717) is 17.7 Å². The fourth-order valence-corrected chi connectivity index (χ4v) is 2.53. The van der Waals surface area contributed by atoms with Gasteiger partial charge in [-0.1, -0.05) is 0 Å². The Morgan fingerprint density at radius 2 is 2.11 bits per heavy atom. The van der Waals surface area contributed by atoms with Gasteiger partial charge < -0.3 is 4.90 Å². The molecule has 0 amide bonds. The average molecular weight is 294 g/mol. The molecule has 1 aromatic heterocycles. The summed E-state index contributed by atoms with van der Waals surface area (Å²) in [6.07, 6.45) is -0.549. The second kappa shape index (κ2) is 5.94. The van der Waals surface area contributed by atoms with E-state index in [2.05, 4.69) is 10.2 Å². The molecule has 1 aliphatic rings. The maximum Gasteiger partial charge on any atom is 0.435 e. The molecule has 7 heteroatoms. The van der Waals surface area contributed by atoms with Crippen molar-refractivity contribution in [2.24, 2.45) is 0 Å². The van der Waals surface area contributed by atoms with E-state index in [4.69, 9.17) is 11.6 Å². The molecule has 2 heterocycles. The first kappa shape index (κ1) is 14.4. The summed E-state index contributed by atoms with van der Waals surface area (Å²) in [5, 5.41) is 6.97. The fourth-order valence-electron chi connectivity index (χ4n) is 2.38. The van der Waals surface area contributed by atoms with Crippen LogP contribution in [0.5, 0.6) is 0 Å². The maximum atomic E-state index is 12.4. The molecule has 1 fully saturated rings. The molecule has 19 heavy (non-hydrogen) atoms. The molecular formula is C12H15ClF3N3. The molecule has 0 aromatic carbocycles. The summed E-state index contributed by atoms with van der Waals surface area (Å²) in [4.78, 5) is 2.03. The minimum absolute atomic E-state index is 0.310. The highest BCUT2D eigenvalue weighted by molar-refractivity contribution is 6.17. The highest BCUT2D eigenvalue weighted by Gasteiger charge is 2.33. The predicted octanol–water partition coefficient (Wildman–Crippen LogP) is 3.48. The van der Waals surface area contributed by atoms with Gasteiger partial charge in [0.1, 0.15) is 0 Å². The molecule has 0 saturated carbocycles. The lowest BCUT2D eigenvalue weighted by Gasteiger charge is -2.25. The van der Waals surface area contributed by atoms with Crippen molar-refractivity contribution < 1.29 is 13.2 Å². The molecule has 0 aliphatic carbocycles. The van der Waals surface area contributed by atoms with Crippen LogP contribution in [0.1, 0.15) is 31.4 Å².